The zero-order valence-electron chi connectivity index (χ0n) is 16.5. The first-order chi connectivity index (χ1) is 13.9. The molecule has 1 nitrogen and oxygen atoms in total. The molecule has 1 fully saturated rings. The standard InChI is InChI=1S/C24H26F4O/c1-2-3-4-5-17-6-8-18(9-7-17)19-10-13-21(14-11-19)29-24(27,28)20-12-15-22(25)23(26)16-20/h2-3,10-18H,4-9H2,1H3/b3-2+. The first-order valence-corrected chi connectivity index (χ1v) is 10.1. The number of halogens is 4. The summed E-state index contributed by atoms with van der Waals surface area (Å²) in [7, 11) is 0. The van der Waals surface area contributed by atoms with Crippen LogP contribution in [0.2, 0.25) is 0 Å². The maximum absolute atomic E-state index is 14.3. The molecule has 0 spiro atoms. The minimum absolute atomic E-state index is 0.0106. The van der Waals surface area contributed by atoms with E-state index in [9.17, 15) is 17.6 Å². The van der Waals surface area contributed by atoms with Crippen LogP contribution in [-0.4, -0.2) is 0 Å². The lowest BCUT2D eigenvalue weighted by atomic mass is 9.77. The van der Waals surface area contributed by atoms with Crippen LogP contribution in [-0.2, 0) is 6.11 Å². The third-order valence-electron chi connectivity index (χ3n) is 5.68. The number of benzene rings is 2. The van der Waals surface area contributed by atoms with Crippen molar-refractivity contribution < 1.29 is 22.3 Å². The first kappa shape index (κ1) is 21.4. The number of hydrogen-bond donors (Lipinski definition) is 0. The fourth-order valence-electron chi connectivity index (χ4n) is 3.98. The monoisotopic (exact) mass is 406 g/mol. The maximum atomic E-state index is 14.3. The minimum Gasteiger partial charge on any atom is -0.429 e. The van der Waals surface area contributed by atoms with E-state index in [1.165, 1.54) is 31.4 Å². The van der Waals surface area contributed by atoms with Crippen molar-refractivity contribution in [2.24, 2.45) is 5.92 Å². The number of ether oxygens (including phenoxy) is 1. The van der Waals surface area contributed by atoms with Gasteiger partial charge in [-0.05, 0) is 93.2 Å². The Kier molecular flexibility index (Phi) is 6.99. The highest BCUT2D eigenvalue weighted by molar-refractivity contribution is 5.31. The molecule has 0 aliphatic heterocycles. The minimum atomic E-state index is -3.75. The summed E-state index contributed by atoms with van der Waals surface area (Å²) in [6.45, 7) is 2.04. The molecule has 2 aromatic rings. The number of allylic oxidation sites excluding steroid dienone is 2. The van der Waals surface area contributed by atoms with Crippen LogP contribution in [0.15, 0.2) is 54.6 Å². The van der Waals surface area contributed by atoms with E-state index in [1.807, 2.05) is 19.1 Å². The Morgan fingerprint density at radius 3 is 2.28 bits per heavy atom. The van der Waals surface area contributed by atoms with Crippen molar-refractivity contribution in [1.29, 1.82) is 0 Å². The zero-order chi connectivity index (χ0) is 20.9. The molecule has 0 radical (unpaired) electrons. The second-order valence-electron chi connectivity index (χ2n) is 7.68. The van der Waals surface area contributed by atoms with Gasteiger partial charge in [-0.1, -0.05) is 24.3 Å². The van der Waals surface area contributed by atoms with Gasteiger partial charge in [-0.2, -0.15) is 8.78 Å². The Bertz CT molecular complexity index is 821. The zero-order valence-corrected chi connectivity index (χ0v) is 16.5. The van der Waals surface area contributed by atoms with Crippen LogP contribution in [0.25, 0.3) is 0 Å². The Labute approximate surface area is 169 Å². The number of alkyl halides is 2. The van der Waals surface area contributed by atoms with E-state index in [0.29, 0.717) is 18.1 Å². The van der Waals surface area contributed by atoms with Crippen molar-refractivity contribution in [3.8, 4) is 5.75 Å². The van der Waals surface area contributed by atoms with Gasteiger partial charge in [-0.25, -0.2) is 8.78 Å². The summed E-state index contributed by atoms with van der Waals surface area (Å²) in [4.78, 5) is 0. The lowest BCUT2D eigenvalue weighted by Crippen LogP contribution is -2.22. The van der Waals surface area contributed by atoms with Gasteiger partial charge in [0.15, 0.2) is 11.6 Å². The molecule has 1 saturated carbocycles. The molecule has 0 amide bonds. The molecule has 0 unspecified atom stereocenters. The maximum Gasteiger partial charge on any atom is 0.426 e. The molecule has 2 aromatic carbocycles. The lowest BCUT2D eigenvalue weighted by Gasteiger charge is -2.28. The molecule has 3 rings (SSSR count). The molecule has 0 heterocycles. The largest absolute Gasteiger partial charge is 0.429 e. The Morgan fingerprint density at radius 1 is 0.966 bits per heavy atom. The Morgan fingerprint density at radius 2 is 1.66 bits per heavy atom. The van der Waals surface area contributed by atoms with Crippen molar-refractivity contribution in [3.63, 3.8) is 0 Å². The molecular formula is C24H26F4O. The number of rotatable bonds is 7. The van der Waals surface area contributed by atoms with Crippen molar-refractivity contribution in [3.05, 3.63) is 77.4 Å². The van der Waals surface area contributed by atoms with Gasteiger partial charge in [-0.3, -0.25) is 0 Å². The van der Waals surface area contributed by atoms with Gasteiger partial charge < -0.3 is 4.74 Å². The van der Waals surface area contributed by atoms with Gasteiger partial charge in [0, 0.05) is 0 Å². The van der Waals surface area contributed by atoms with E-state index in [4.69, 9.17) is 4.74 Å². The van der Waals surface area contributed by atoms with Crippen LogP contribution in [0.5, 0.6) is 5.75 Å². The normalized spacial score (nSPS) is 20.2. The summed E-state index contributed by atoms with van der Waals surface area (Å²) < 4.78 is 59.5. The van der Waals surface area contributed by atoms with Crippen LogP contribution in [0, 0.1) is 17.6 Å². The molecule has 0 N–H and O–H groups in total. The molecule has 0 bridgehead atoms. The van der Waals surface area contributed by atoms with Crippen molar-refractivity contribution in [2.45, 2.75) is 57.5 Å². The molecule has 0 aromatic heterocycles. The highest BCUT2D eigenvalue weighted by atomic mass is 19.3. The molecule has 156 valence electrons. The summed E-state index contributed by atoms with van der Waals surface area (Å²) in [5.74, 6) is -1.31. The third-order valence-corrected chi connectivity index (χ3v) is 5.68. The first-order valence-electron chi connectivity index (χ1n) is 10.1. The molecule has 1 aliphatic rings. The predicted molar refractivity (Wildman–Crippen MR) is 106 cm³/mol. The highest BCUT2D eigenvalue weighted by Gasteiger charge is 2.35. The lowest BCUT2D eigenvalue weighted by molar-refractivity contribution is -0.185. The fraction of sp³-hybridized carbons (Fsp3) is 0.417. The molecule has 0 saturated heterocycles. The molecule has 5 heteroatoms. The smallest absolute Gasteiger partial charge is 0.426 e. The average Bonchev–Trinajstić information content (AvgIpc) is 2.71. The van der Waals surface area contributed by atoms with Crippen LogP contribution in [0.3, 0.4) is 0 Å². The molecule has 29 heavy (non-hydrogen) atoms. The Hall–Kier alpha value is -2.30. The van der Waals surface area contributed by atoms with Crippen LogP contribution in [0.4, 0.5) is 17.6 Å². The average molecular weight is 406 g/mol. The van der Waals surface area contributed by atoms with E-state index < -0.39 is 23.3 Å². The van der Waals surface area contributed by atoms with Gasteiger partial charge in [0.1, 0.15) is 5.75 Å². The molecule has 0 atom stereocenters. The highest BCUT2D eigenvalue weighted by Crippen LogP contribution is 2.39. The van der Waals surface area contributed by atoms with Gasteiger partial charge in [-0.15, -0.1) is 0 Å². The van der Waals surface area contributed by atoms with Crippen molar-refractivity contribution in [2.75, 3.05) is 0 Å². The SMILES string of the molecule is C/C=C/CCC1CCC(c2ccc(OC(F)(F)c3ccc(F)c(F)c3)cc2)CC1. The summed E-state index contributed by atoms with van der Waals surface area (Å²) in [5, 5.41) is 0. The molecular weight excluding hydrogens is 380 g/mol. The predicted octanol–water partition coefficient (Wildman–Crippen LogP) is 7.72. The number of hydrogen-bond acceptors (Lipinski definition) is 1. The second-order valence-corrected chi connectivity index (χ2v) is 7.68. The molecule has 1 aliphatic carbocycles. The summed E-state index contributed by atoms with van der Waals surface area (Å²) in [6.07, 6.45) is 7.49. The quantitative estimate of drug-likeness (QED) is 0.338. The van der Waals surface area contributed by atoms with Gasteiger partial charge in [0.25, 0.3) is 0 Å². The second kappa shape index (κ2) is 9.47. The van der Waals surface area contributed by atoms with Gasteiger partial charge in [0.05, 0.1) is 5.56 Å². The Balaban J connectivity index is 1.58. The summed E-state index contributed by atoms with van der Waals surface area (Å²) in [5.41, 5.74) is 0.400. The van der Waals surface area contributed by atoms with E-state index in [-0.39, 0.29) is 5.75 Å². The van der Waals surface area contributed by atoms with E-state index in [1.54, 1.807) is 0 Å². The van der Waals surface area contributed by atoms with Crippen molar-refractivity contribution in [1.82, 2.24) is 0 Å². The third kappa shape index (κ3) is 5.62. The van der Waals surface area contributed by atoms with Gasteiger partial charge >= 0.3 is 6.11 Å². The summed E-state index contributed by atoms with van der Waals surface area (Å²) in [6, 6.07) is 8.62. The van der Waals surface area contributed by atoms with E-state index >= 15 is 0 Å². The van der Waals surface area contributed by atoms with Crippen LogP contribution < -0.4 is 4.74 Å². The van der Waals surface area contributed by atoms with Crippen LogP contribution in [0.1, 0.15) is 62.5 Å². The topological polar surface area (TPSA) is 9.23 Å². The van der Waals surface area contributed by atoms with E-state index in [2.05, 4.69) is 12.2 Å². The van der Waals surface area contributed by atoms with Crippen molar-refractivity contribution >= 4 is 0 Å². The van der Waals surface area contributed by atoms with Gasteiger partial charge in [0.2, 0.25) is 0 Å². The van der Waals surface area contributed by atoms with E-state index in [0.717, 1.165) is 36.8 Å². The fourth-order valence-corrected chi connectivity index (χ4v) is 3.98. The summed E-state index contributed by atoms with van der Waals surface area (Å²) >= 11 is 0. The van der Waals surface area contributed by atoms with Crippen LogP contribution >= 0.6 is 0 Å².